The maximum atomic E-state index is 13.1. The molecule has 0 N–H and O–H groups in total. The number of aromatic nitrogens is 2. The Kier molecular flexibility index (Phi) is 4.44. The summed E-state index contributed by atoms with van der Waals surface area (Å²) in [6, 6.07) is 3.30. The Morgan fingerprint density at radius 3 is 2.40 bits per heavy atom. The first-order chi connectivity index (χ1) is 9.51. The van der Waals surface area contributed by atoms with Gasteiger partial charge in [0.2, 0.25) is 5.88 Å². The maximum absolute atomic E-state index is 13.1. The van der Waals surface area contributed by atoms with Crippen molar-refractivity contribution in [3.63, 3.8) is 0 Å². The number of ether oxygens (including phenoxy) is 1. The normalized spacial score (nSPS) is 12.2. The second-order valence-corrected chi connectivity index (χ2v) is 4.55. The highest BCUT2D eigenvalue weighted by atomic mass is 35.5. The average molecular weight is 303 g/mol. The van der Waals surface area contributed by atoms with Crippen LogP contribution in [0.1, 0.15) is 16.6 Å². The predicted octanol–water partition coefficient (Wildman–Crippen LogP) is 3.43. The zero-order valence-electron chi connectivity index (χ0n) is 10.4. The Hall–Kier alpha value is -1.82. The predicted molar refractivity (Wildman–Crippen MR) is 67.2 cm³/mol. The van der Waals surface area contributed by atoms with Crippen molar-refractivity contribution in [1.82, 2.24) is 9.97 Å². The van der Waals surface area contributed by atoms with Gasteiger partial charge in [0.1, 0.15) is 6.33 Å². The summed E-state index contributed by atoms with van der Waals surface area (Å²) in [6.07, 6.45) is 1.49. The van der Waals surface area contributed by atoms with Crippen molar-refractivity contribution < 1.29 is 17.9 Å². The van der Waals surface area contributed by atoms with Gasteiger partial charge in [-0.3, -0.25) is 0 Å². The Morgan fingerprint density at radius 1 is 1.15 bits per heavy atom. The number of nitrogens with zero attached hydrogens (tertiary/aromatic N) is 2. The minimum Gasteiger partial charge on any atom is -0.481 e. The first-order valence-electron chi connectivity index (χ1n) is 5.64. The summed E-state index contributed by atoms with van der Waals surface area (Å²) in [5.74, 6) is -3.70. The standard InChI is InChI=1S/C13H10ClF3N2O/c1-20-12-5-8(18-6-19-12)4-9(14)7-2-10(15)13(17)11(16)3-7/h2-3,5-6,9H,4H2,1H3. The molecular weight excluding hydrogens is 293 g/mol. The van der Waals surface area contributed by atoms with Crippen LogP contribution in [-0.2, 0) is 6.42 Å². The molecule has 106 valence electrons. The summed E-state index contributed by atoms with van der Waals surface area (Å²) in [5, 5.41) is -0.751. The lowest BCUT2D eigenvalue weighted by Gasteiger charge is -2.10. The van der Waals surface area contributed by atoms with Crippen LogP contribution < -0.4 is 4.74 Å². The van der Waals surface area contributed by atoms with Crippen LogP contribution in [0.3, 0.4) is 0 Å². The summed E-state index contributed by atoms with van der Waals surface area (Å²) in [6.45, 7) is 0. The van der Waals surface area contributed by atoms with E-state index in [1.807, 2.05) is 0 Å². The molecular formula is C13H10ClF3N2O. The summed E-state index contributed by atoms with van der Waals surface area (Å²) in [7, 11) is 1.45. The highest BCUT2D eigenvalue weighted by Gasteiger charge is 2.17. The molecule has 2 rings (SSSR count). The molecule has 1 heterocycles. The van der Waals surface area contributed by atoms with Crippen molar-refractivity contribution in [2.45, 2.75) is 11.8 Å². The number of benzene rings is 1. The molecule has 0 aliphatic heterocycles. The van der Waals surface area contributed by atoms with Crippen molar-refractivity contribution in [3.8, 4) is 5.88 Å². The molecule has 0 bridgehead atoms. The van der Waals surface area contributed by atoms with Crippen molar-refractivity contribution in [3.05, 3.63) is 53.2 Å². The molecule has 0 amide bonds. The fourth-order valence-corrected chi connectivity index (χ4v) is 1.94. The van der Waals surface area contributed by atoms with E-state index in [4.69, 9.17) is 16.3 Å². The van der Waals surface area contributed by atoms with E-state index in [0.717, 1.165) is 12.1 Å². The zero-order valence-corrected chi connectivity index (χ0v) is 11.2. The number of alkyl halides is 1. The molecule has 2 aromatic rings. The van der Waals surface area contributed by atoms with E-state index < -0.39 is 22.8 Å². The quantitative estimate of drug-likeness (QED) is 0.641. The van der Waals surface area contributed by atoms with Crippen molar-refractivity contribution in [2.24, 2.45) is 0 Å². The number of halogens is 4. The van der Waals surface area contributed by atoms with Crippen LogP contribution in [0.4, 0.5) is 13.2 Å². The molecule has 1 atom stereocenters. The van der Waals surface area contributed by atoms with Gasteiger partial charge in [0.15, 0.2) is 17.5 Å². The van der Waals surface area contributed by atoms with Crippen LogP contribution in [0.25, 0.3) is 0 Å². The Balaban J connectivity index is 2.21. The summed E-state index contributed by atoms with van der Waals surface area (Å²) in [5.41, 5.74) is 0.683. The SMILES string of the molecule is COc1cc(CC(Cl)c2cc(F)c(F)c(F)c2)ncn1. The third kappa shape index (κ3) is 3.19. The van der Waals surface area contributed by atoms with Gasteiger partial charge in [0.05, 0.1) is 12.5 Å². The summed E-state index contributed by atoms with van der Waals surface area (Å²) in [4.78, 5) is 7.81. The third-order valence-corrected chi connectivity index (χ3v) is 3.07. The molecule has 0 radical (unpaired) electrons. The fraction of sp³-hybridized carbons (Fsp3) is 0.231. The van der Waals surface area contributed by atoms with E-state index >= 15 is 0 Å². The van der Waals surface area contributed by atoms with Gasteiger partial charge in [-0.25, -0.2) is 23.1 Å². The van der Waals surface area contributed by atoms with Gasteiger partial charge in [0.25, 0.3) is 0 Å². The zero-order chi connectivity index (χ0) is 14.7. The van der Waals surface area contributed by atoms with Crippen LogP contribution >= 0.6 is 11.6 Å². The second-order valence-electron chi connectivity index (χ2n) is 4.02. The van der Waals surface area contributed by atoms with Gasteiger partial charge < -0.3 is 4.74 Å². The van der Waals surface area contributed by atoms with E-state index in [1.165, 1.54) is 13.4 Å². The smallest absolute Gasteiger partial charge is 0.216 e. The van der Waals surface area contributed by atoms with Gasteiger partial charge in [-0.15, -0.1) is 11.6 Å². The highest BCUT2D eigenvalue weighted by Crippen LogP contribution is 2.27. The van der Waals surface area contributed by atoms with Gasteiger partial charge in [0, 0.05) is 18.2 Å². The van der Waals surface area contributed by atoms with Crippen molar-refractivity contribution in [2.75, 3.05) is 7.11 Å². The molecule has 1 unspecified atom stereocenters. The molecule has 20 heavy (non-hydrogen) atoms. The van der Waals surface area contributed by atoms with Crippen LogP contribution in [0.2, 0.25) is 0 Å². The van der Waals surface area contributed by atoms with Crippen LogP contribution in [-0.4, -0.2) is 17.1 Å². The minimum absolute atomic E-state index is 0.139. The number of methoxy groups -OCH3 is 1. The van der Waals surface area contributed by atoms with E-state index in [2.05, 4.69) is 9.97 Å². The molecule has 3 nitrogen and oxygen atoms in total. The second kappa shape index (κ2) is 6.09. The molecule has 1 aromatic heterocycles. The van der Waals surface area contributed by atoms with Gasteiger partial charge in [-0.05, 0) is 17.7 Å². The molecule has 0 aliphatic rings. The minimum atomic E-state index is -1.51. The van der Waals surface area contributed by atoms with E-state index in [0.29, 0.717) is 11.6 Å². The van der Waals surface area contributed by atoms with Crippen molar-refractivity contribution >= 4 is 11.6 Å². The number of hydrogen-bond donors (Lipinski definition) is 0. The van der Waals surface area contributed by atoms with E-state index in [9.17, 15) is 13.2 Å². The molecule has 0 fully saturated rings. The maximum Gasteiger partial charge on any atom is 0.216 e. The highest BCUT2D eigenvalue weighted by molar-refractivity contribution is 6.20. The fourth-order valence-electron chi connectivity index (χ4n) is 1.66. The van der Waals surface area contributed by atoms with E-state index in [-0.39, 0.29) is 12.0 Å². The molecule has 0 aliphatic carbocycles. The summed E-state index contributed by atoms with van der Waals surface area (Å²) < 4.78 is 44.1. The lowest BCUT2D eigenvalue weighted by atomic mass is 10.1. The Morgan fingerprint density at radius 2 is 1.80 bits per heavy atom. The Labute approximate surface area is 118 Å². The van der Waals surface area contributed by atoms with Gasteiger partial charge in [-0.1, -0.05) is 0 Å². The van der Waals surface area contributed by atoms with Crippen molar-refractivity contribution in [1.29, 1.82) is 0 Å². The van der Waals surface area contributed by atoms with Crippen LogP contribution in [0.15, 0.2) is 24.5 Å². The average Bonchev–Trinajstić information content (AvgIpc) is 2.44. The van der Waals surface area contributed by atoms with E-state index in [1.54, 1.807) is 6.07 Å². The van der Waals surface area contributed by atoms with Gasteiger partial charge >= 0.3 is 0 Å². The topological polar surface area (TPSA) is 35.0 Å². The first kappa shape index (κ1) is 14.6. The van der Waals surface area contributed by atoms with Crippen LogP contribution in [0, 0.1) is 17.5 Å². The number of hydrogen-bond acceptors (Lipinski definition) is 3. The molecule has 1 aromatic carbocycles. The first-order valence-corrected chi connectivity index (χ1v) is 6.08. The third-order valence-electron chi connectivity index (χ3n) is 2.66. The monoisotopic (exact) mass is 302 g/mol. The van der Waals surface area contributed by atoms with Crippen LogP contribution in [0.5, 0.6) is 5.88 Å². The lowest BCUT2D eigenvalue weighted by molar-refractivity contribution is 0.396. The lowest BCUT2D eigenvalue weighted by Crippen LogP contribution is -2.02. The summed E-state index contributed by atoms with van der Waals surface area (Å²) >= 11 is 6.08. The molecule has 7 heteroatoms. The van der Waals surface area contributed by atoms with Gasteiger partial charge in [-0.2, -0.15) is 0 Å². The molecule has 0 saturated carbocycles. The Bertz CT molecular complexity index is 601. The molecule has 0 spiro atoms. The number of rotatable bonds is 4. The molecule has 0 saturated heterocycles. The largest absolute Gasteiger partial charge is 0.481 e.